The van der Waals surface area contributed by atoms with E-state index in [9.17, 15) is 0 Å². The average molecular weight is 382 g/mol. The first-order valence-corrected chi connectivity index (χ1v) is 15.0. The number of unbranched alkanes of at least 4 members (excludes halogenated alkanes) is 1. The summed E-state index contributed by atoms with van der Waals surface area (Å²) in [4.78, 5) is 0. The fraction of sp³-hybridized carbons (Fsp3) is 0.700. The molecule has 0 aliphatic rings. The van der Waals surface area contributed by atoms with Crippen molar-refractivity contribution in [1.29, 1.82) is 0 Å². The zero-order valence-corrected chi connectivity index (χ0v) is 19.3. The van der Waals surface area contributed by atoms with Crippen molar-refractivity contribution in [3.63, 3.8) is 0 Å². The Bertz CT molecular complexity index is 454. The molecule has 0 heterocycles. The molecule has 25 heavy (non-hydrogen) atoms. The first kappa shape index (κ1) is 22.6. The topological polar surface area (TPSA) is 21.7 Å². The predicted molar refractivity (Wildman–Crippen MR) is 114 cm³/mol. The molecular weight excluding hydrogens is 342 g/mol. The Balaban J connectivity index is 2.74. The van der Waals surface area contributed by atoms with E-state index in [1.165, 1.54) is 43.1 Å². The summed E-state index contributed by atoms with van der Waals surface area (Å²) >= 11 is 0. The average Bonchev–Trinajstić information content (AvgIpc) is 2.67. The smallest absolute Gasteiger partial charge is 0.334 e. The van der Waals surface area contributed by atoms with Crippen LogP contribution in [0.25, 0.3) is 0 Å². The Morgan fingerprint density at radius 3 is 1.92 bits per heavy atom. The molecule has 0 bridgehead atoms. The van der Waals surface area contributed by atoms with E-state index in [0.717, 1.165) is 12.6 Å². The van der Waals surface area contributed by atoms with E-state index in [2.05, 4.69) is 62.2 Å². The van der Waals surface area contributed by atoms with Gasteiger partial charge in [-0.3, -0.25) is 0 Å². The molecule has 3 nitrogen and oxygen atoms in total. The van der Waals surface area contributed by atoms with Crippen LogP contribution >= 0.6 is 0 Å². The lowest BCUT2D eigenvalue weighted by atomic mass is 10.2. The maximum atomic E-state index is 5.63. The summed E-state index contributed by atoms with van der Waals surface area (Å²) in [6.45, 7) is 11.7. The molecule has 0 N–H and O–H groups in total. The highest BCUT2D eigenvalue weighted by atomic mass is 28.4. The molecule has 0 unspecified atom stereocenters. The van der Waals surface area contributed by atoms with Crippen molar-refractivity contribution in [3.05, 3.63) is 35.9 Å². The van der Waals surface area contributed by atoms with Crippen molar-refractivity contribution >= 4 is 16.8 Å². The second-order valence-corrected chi connectivity index (χ2v) is 16.0. The molecule has 0 saturated carbocycles. The quantitative estimate of drug-likeness (QED) is 0.326. The molecule has 0 aliphatic carbocycles. The molecule has 0 saturated heterocycles. The SMILES string of the molecule is CC[Si](CC)(CC)N(CCCC[Si](C)(OC)OC)Cc1ccccc1. The fourth-order valence-corrected chi connectivity index (χ4v) is 9.20. The van der Waals surface area contributed by atoms with E-state index in [-0.39, 0.29) is 0 Å². The second kappa shape index (κ2) is 11.3. The Labute approximate surface area is 158 Å². The molecule has 144 valence electrons. The molecule has 0 aliphatic heterocycles. The van der Waals surface area contributed by atoms with Gasteiger partial charge in [0.2, 0.25) is 0 Å². The first-order valence-electron chi connectivity index (χ1n) is 9.88. The summed E-state index contributed by atoms with van der Waals surface area (Å²) in [5, 5.41) is 0. The second-order valence-electron chi connectivity index (χ2n) is 7.19. The van der Waals surface area contributed by atoms with Gasteiger partial charge in [0.1, 0.15) is 8.24 Å². The van der Waals surface area contributed by atoms with Gasteiger partial charge in [0.15, 0.2) is 0 Å². The number of hydrogen-bond acceptors (Lipinski definition) is 3. The van der Waals surface area contributed by atoms with Gasteiger partial charge in [-0.05, 0) is 49.3 Å². The molecule has 0 atom stereocenters. The Hall–Kier alpha value is -0.466. The van der Waals surface area contributed by atoms with Crippen LogP contribution in [0.4, 0.5) is 0 Å². The van der Waals surface area contributed by atoms with Crippen LogP contribution < -0.4 is 0 Å². The lowest BCUT2D eigenvalue weighted by molar-refractivity contribution is 0.247. The molecule has 5 heteroatoms. The lowest BCUT2D eigenvalue weighted by Crippen LogP contribution is -2.52. The van der Waals surface area contributed by atoms with Crippen LogP contribution in [0.5, 0.6) is 0 Å². The van der Waals surface area contributed by atoms with Crippen LogP contribution in [0.2, 0.25) is 30.7 Å². The molecule has 0 amide bonds. The predicted octanol–water partition coefficient (Wildman–Crippen LogP) is 5.64. The third kappa shape index (κ3) is 6.64. The molecule has 1 aromatic rings. The van der Waals surface area contributed by atoms with Crippen molar-refractivity contribution in [2.45, 2.75) is 70.9 Å². The van der Waals surface area contributed by atoms with E-state index in [0.29, 0.717) is 0 Å². The Morgan fingerprint density at radius 1 is 0.880 bits per heavy atom. The normalized spacial score (nSPS) is 12.8. The van der Waals surface area contributed by atoms with Crippen LogP contribution in [0.3, 0.4) is 0 Å². The van der Waals surface area contributed by atoms with Gasteiger partial charge in [-0.1, -0.05) is 57.5 Å². The van der Waals surface area contributed by atoms with E-state index >= 15 is 0 Å². The highest BCUT2D eigenvalue weighted by molar-refractivity contribution is 6.77. The standard InChI is InChI=1S/C20H39NO2Si2/c1-7-25(8-2,9-3)21(19-20-15-11-10-12-16-20)17-13-14-18-24(6,22-4)23-5/h10-12,15-16H,7-9,13-14,17-19H2,1-6H3. The van der Waals surface area contributed by atoms with Crippen molar-refractivity contribution < 1.29 is 8.85 Å². The maximum Gasteiger partial charge on any atom is 0.334 e. The zero-order valence-electron chi connectivity index (χ0n) is 17.3. The van der Waals surface area contributed by atoms with Crippen molar-refractivity contribution in [2.24, 2.45) is 0 Å². The highest BCUT2D eigenvalue weighted by Gasteiger charge is 2.34. The monoisotopic (exact) mass is 381 g/mol. The molecule has 0 radical (unpaired) electrons. The molecule has 0 aromatic heterocycles. The lowest BCUT2D eigenvalue weighted by Gasteiger charge is -2.41. The summed E-state index contributed by atoms with van der Waals surface area (Å²) in [5.74, 6) is 0. The zero-order chi connectivity index (χ0) is 18.8. The van der Waals surface area contributed by atoms with Crippen molar-refractivity contribution in [2.75, 3.05) is 20.8 Å². The van der Waals surface area contributed by atoms with Gasteiger partial charge in [0.25, 0.3) is 0 Å². The van der Waals surface area contributed by atoms with Gasteiger partial charge in [-0.2, -0.15) is 0 Å². The number of benzene rings is 1. The maximum absolute atomic E-state index is 5.63. The van der Waals surface area contributed by atoms with Crippen molar-refractivity contribution in [1.82, 2.24) is 4.57 Å². The number of hydrogen-bond donors (Lipinski definition) is 0. The van der Waals surface area contributed by atoms with Gasteiger partial charge in [-0.25, -0.2) is 0 Å². The van der Waals surface area contributed by atoms with Crippen LogP contribution in [0.15, 0.2) is 30.3 Å². The van der Waals surface area contributed by atoms with Gasteiger partial charge < -0.3 is 13.4 Å². The summed E-state index contributed by atoms with van der Waals surface area (Å²) in [5.41, 5.74) is 1.45. The van der Waals surface area contributed by atoms with Crippen LogP contribution in [-0.2, 0) is 15.4 Å². The minimum absolute atomic E-state index is 1.08. The summed E-state index contributed by atoms with van der Waals surface area (Å²) in [6, 6.07) is 16.1. The van der Waals surface area contributed by atoms with E-state index in [1.54, 1.807) is 14.2 Å². The highest BCUT2D eigenvalue weighted by Crippen LogP contribution is 2.28. The Morgan fingerprint density at radius 2 is 1.44 bits per heavy atom. The van der Waals surface area contributed by atoms with Crippen LogP contribution in [0.1, 0.15) is 39.2 Å². The minimum atomic E-state index is -1.92. The Kier molecular flexibility index (Phi) is 10.2. The number of nitrogens with zero attached hydrogens (tertiary/aromatic N) is 1. The molecule has 0 spiro atoms. The molecule has 0 fully saturated rings. The van der Waals surface area contributed by atoms with Gasteiger partial charge in [0.05, 0.1) is 0 Å². The van der Waals surface area contributed by atoms with Gasteiger partial charge in [-0.15, -0.1) is 0 Å². The molecular formula is C20H39NO2Si2. The van der Waals surface area contributed by atoms with Gasteiger partial charge >= 0.3 is 8.56 Å². The fourth-order valence-electron chi connectivity index (χ4n) is 3.74. The summed E-state index contributed by atoms with van der Waals surface area (Å²) in [7, 11) is 0.303. The summed E-state index contributed by atoms with van der Waals surface area (Å²) < 4.78 is 14.1. The van der Waals surface area contributed by atoms with E-state index < -0.39 is 16.8 Å². The largest absolute Gasteiger partial charge is 0.398 e. The van der Waals surface area contributed by atoms with Gasteiger partial charge in [0, 0.05) is 20.8 Å². The first-order chi connectivity index (χ1) is 12.0. The third-order valence-electron chi connectivity index (χ3n) is 6.03. The number of rotatable bonds is 13. The molecule has 1 aromatic carbocycles. The van der Waals surface area contributed by atoms with E-state index in [1.807, 2.05) is 0 Å². The van der Waals surface area contributed by atoms with Crippen molar-refractivity contribution in [3.8, 4) is 0 Å². The van der Waals surface area contributed by atoms with Crippen LogP contribution in [0, 0.1) is 0 Å². The minimum Gasteiger partial charge on any atom is -0.398 e. The van der Waals surface area contributed by atoms with Crippen LogP contribution in [-0.4, -0.2) is 42.1 Å². The molecule has 1 rings (SSSR count). The summed E-state index contributed by atoms with van der Waals surface area (Å²) in [6.07, 6.45) is 2.42. The van der Waals surface area contributed by atoms with E-state index in [4.69, 9.17) is 8.85 Å². The third-order valence-corrected chi connectivity index (χ3v) is 14.7.